The van der Waals surface area contributed by atoms with E-state index in [1.54, 1.807) is 16.7 Å². The molecule has 0 saturated heterocycles. The Morgan fingerprint density at radius 2 is 1.20 bits per heavy atom. The molecule has 0 amide bonds. The molecule has 0 N–H and O–H groups in total. The van der Waals surface area contributed by atoms with Gasteiger partial charge in [-0.1, -0.05) is 61.8 Å². The number of hydrogen-bond acceptors (Lipinski definition) is 4. The summed E-state index contributed by atoms with van der Waals surface area (Å²) in [7, 11) is 0. The second-order valence-electron chi connectivity index (χ2n) is 21.3. The van der Waals surface area contributed by atoms with Gasteiger partial charge in [-0.05, 0) is 190 Å². The van der Waals surface area contributed by atoms with Crippen LogP contribution in [0.15, 0.2) is 47.6 Å². The molecule has 0 radical (unpaired) electrons. The highest BCUT2D eigenvalue weighted by Crippen LogP contribution is 2.54. The monoisotopic (exact) mass is 743 g/mol. The van der Waals surface area contributed by atoms with Gasteiger partial charge in [0.25, 0.3) is 0 Å². The van der Waals surface area contributed by atoms with Crippen molar-refractivity contribution >= 4 is 0 Å². The van der Waals surface area contributed by atoms with Crippen LogP contribution in [0.25, 0.3) is 0 Å². The van der Waals surface area contributed by atoms with Gasteiger partial charge in [-0.25, -0.2) is 0 Å². The SMILES string of the molecule is C=CC1CC2CC(OC(C)CC(CC(CC(CCC(C)(C)C)OC3CC4CC3C/C4=C/C)OC3CC4CC3C/C4=C\C)OC3CC4C/C(=C\C)C3C4)C1C2. The zero-order chi connectivity index (χ0) is 37.7. The Hall–Kier alpha value is -1.20. The third kappa shape index (κ3) is 8.63. The molecule has 8 aliphatic rings. The highest BCUT2D eigenvalue weighted by Gasteiger charge is 2.49. The van der Waals surface area contributed by atoms with E-state index >= 15 is 0 Å². The minimum Gasteiger partial charge on any atom is -0.375 e. The van der Waals surface area contributed by atoms with Gasteiger partial charge in [-0.2, -0.15) is 0 Å². The van der Waals surface area contributed by atoms with Gasteiger partial charge in [-0.15, -0.1) is 6.58 Å². The minimum atomic E-state index is 0.133. The van der Waals surface area contributed by atoms with Crippen molar-refractivity contribution in [3.05, 3.63) is 47.6 Å². The molecule has 8 fully saturated rings. The zero-order valence-electron chi connectivity index (χ0n) is 35.5. The van der Waals surface area contributed by atoms with Gasteiger partial charge in [0.1, 0.15) is 0 Å². The average molecular weight is 743 g/mol. The lowest BCUT2D eigenvalue weighted by Gasteiger charge is -2.37. The van der Waals surface area contributed by atoms with E-state index in [1.165, 1.54) is 83.5 Å². The fraction of sp³-hybridized carbons (Fsp3) is 0.840. The van der Waals surface area contributed by atoms with Gasteiger partial charge in [0, 0.05) is 5.92 Å². The predicted molar refractivity (Wildman–Crippen MR) is 221 cm³/mol. The number of fused-ring (bicyclic) bond motifs is 8. The van der Waals surface area contributed by atoms with Gasteiger partial charge in [0.15, 0.2) is 0 Å². The first kappa shape index (κ1) is 39.6. The van der Waals surface area contributed by atoms with Crippen molar-refractivity contribution in [3.8, 4) is 0 Å². The number of rotatable bonds is 17. The van der Waals surface area contributed by atoms with Gasteiger partial charge in [-0.3, -0.25) is 0 Å². The van der Waals surface area contributed by atoms with Crippen LogP contribution in [0.3, 0.4) is 0 Å². The van der Waals surface area contributed by atoms with Crippen LogP contribution in [0.1, 0.15) is 158 Å². The molecule has 8 rings (SSSR count). The predicted octanol–water partition coefficient (Wildman–Crippen LogP) is 12.4. The first-order valence-electron chi connectivity index (χ1n) is 23.2. The topological polar surface area (TPSA) is 36.9 Å². The van der Waals surface area contributed by atoms with Crippen LogP contribution in [0.5, 0.6) is 0 Å². The van der Waals surface area contributed by atoms with Crippen LogP contribution in [-0.2, 0) is 18.9 Å². The second-order valence-corrected chi connectivity index (χ2v) is 21.3. The van der Waals surface area contributed by atoms with E-state index in [1.807, 2.05) is 0 Å². The van der Waals surface area contributed by atoms with Crippen LogP contribution in [-0.4, -0.2) is 48.8 Å². The zero-order valence-corrected chi connectivity index (χ0v) is 35.5. The van der Waals surface area contributed by atoms with Gasteiger partial charge < -0.3 is 18.9 Å². The molecule has 0 aromatic carbocycles. The van der Waals surface area contributed by atoms with Crippen molar-refractivity contribution in [1.29, 1.82) is 0 Å². The molecule has 17 unspecified atom stereocenters. The minimum absolute atomic E-state index is 0.133. The Balaban J connectivity index is 1.01. The van der Waals surface area contributed by atoms with Crippen molar-refractivity contribution in [2.45, 2.75) is 206 Å². The summed E-state index contributed by atoms with van der Waals surface area (Å²) in [6.45, 7) is 20.5. The van der Waals surface area contributed by atoms with E-state index in [4.69, 9.17) is 18.9 Å². The maximum absolute atomic E-state index is 7.48. The summed E-state index contributed by atoms with van der Waals surface area (Å²) in [6, 6.07) is 0. The molecule has 4 nitrogen and oxygen atoms in total. The van der Waals surface area contributed by atoms with Crippen molar-refractivity contribution < 1.29 is 18.9 Å². The average Bonchev–Trinajstić information content (AvgIpc) is 4.00. The molecule has 302 valence electrons. The molecule has 4 heteroatoms. The summed E-state index contributed by atoms with van der Waals surface area (Å²) < 4.78 is 29.3. The number of allylic oxidation sites excluding steroid dienone is 6. The van der Waals surface area contributed by atoms with Crippen LogP contribution < -0.4 is 0 Å². The van der Waals surface area contributed by atoms with Crippen molar-refractivity contribution in [3.63, 3.8) is 0 Å². The van der Waals surface area contributed by atoms with Crippen molar-refractivity contribution in [2.24, 2.45) is 58.7 Å². The first-order chi connectivity index (χ1) is 26.0. The quantitative estimate of drug-likeness (QED) is 0.139. The standard InChI is InChI=1S/C50H78O4/c1-9-33-22-39-24-37(33)26-46(39)52-41(13-14-50(6,7)8)28-43(53-47-27-38-25-40(47)23-34(38)10-2)29-42(54-49-21-32-17-36(12-4)45(49)19-32)15-30(5)51-48-20-31-16-35(11-3)44(48)18-31/h9-12,30-32,35,37-49H,3,13-29H2,1-2,4-8H3/b33-9-,34-10+,36-12+. The summed E-state index contributed by atoms with van der Waals surface area (Å²) in [5, 5.41) is 0. The van der Waals surface area contributed by atoms with E-state index in [9.17, 15) is 0 Å². The molecule has 8 bridgehead atoms. The molecule has 54 heavy (non-hydrogen) atoms. The molecule has 8 aliphatic carbocycles. The maximum atomic E-state index is 7.48. The summed E-state index contributed by atoms with van der Waals surface area (Å²) in [5.41, 5.74) is 5.30. The molecule has 0 aromatic heterocycles. The van der Waals surface area contributed by atoms with Crippen LogP contribution >= 0.6 is 0 Å². The smallest absolute Gasteiger partial charge is 0.0647 e. The summed E-state index contributed by atoms with van der Waals surface area (Å²) in [5.74, 6) is 6.35. The molecule has 17 atom stereocenters. The molecule has 0 aromatic rings. The molecule has 0 aliphatic heterocycles. The van der Waals surface area contributed by atoms with Gasteiger partial charge >= 0.3 is 0 Å². The lowest BCUT2D eigenvalue weighted by atomic mass is 9.86. The summed E-state index contributed by atoms with van der Waals surface area (Å²) in [4.78, 5) is 0. The highest BCUT2D eigenvalue weighted by molar-refractivity contribution is 5.20. The van der Waals surface area contributed by atoms with Crippen molar-refractivity contribution in [1.82, 2.24) is 0 Å². The largest absolute Gasteiger partial charge is 0.375 e. The van der Waals surface area contributed by atoms with E-state index < -0.39 is 0 Å². The number of hydrogen-bond donors (Lipinski definition) is 0. The van der Waals surface area contributed by atoms with Crippen LogP contribution in [0.2, 0.25) is 0 Å². The second kappa shape index (κ2) is 16.6. The molecular weight excluding hydrogens is 665 g/mol. The van der Waals surface area contributed by atoms with Gasteiger partial charge in [0.2, 0.25) is 0 Å². The van der Waals surface area contributed by atoms with E-state index in [2.05, 4.69) is 79.3 Å². The van der Waals surface area contributed by atoms with E-state index in [0.717, 1.165) is 49.4 Å². The van der Waals surface area contributed by atoms with E-state index in [0.29, 0.717) is 54.0 Å². The Labute approximate surface area is 330 Å². The lowest BCUT2D eigenvalue weighted by molar-refractivity contribution is -0.127. The van der Waals surface area contributed by atoms with Gasteiger partial charge in [0.05, 0.1) is 48.8 Å². The molecule has 0 spiro atoms. The molecule has 0 heterocycles. The normalized spacial score (nSPS) is 43.7. The third-order valence-electron chi connectivity index (χ3n) is 16.5. The fourth-order valence-electron chi connectivity index (χ4n) is 13.9. The molecular formula is C50H78O4. The van der Waals surface area contributed by atoms with Crippen molar-refractivity contribution in [2.75, 3.05) is 0 Å². The summed E-state index contributed by atoms with van der Waals surface area (Å²) in [6.07, 6.45) is 32.0. The summed E-state index contributed by atoms with van der Waals surface area (Å²) >= 11 is 0. The lowest BCUT2D eigenvalue weighted by Crippen LogP contribution is -2.39. The van der Waals surface area contributed by atoms with Crippen LogP contribution in [0, 0.1) is 58.7 Å². The Kier molecular flexibility index (Phi) is 12.2. The third-order valence-corrected chi connectivity index (χ3v) is 16.5. The Morgan fingerprint density at radius 1 is 0.611 bits per heavy atom. The van der Waals surface area contributed by atoms with Crippen LogP contribution in [0.4, 0.5) is 0 Å². The fourth-order valence-corrected chi connectivity index (χ4v) is 13.9. The van der Waals surface area contributed by atoms with E-state index in [-0.39, 0.29) is 29.8 Å². The first-order valence-corrected chi connectivity index (χ1v) is 23.2. The Morgan fingerprint density at radius 3 is 1.76 bits per heavy atom. The Bertz CT molecular complexity index is 1400. The number of ether oxygens (including phenoxy) is 4. The maximum Gasteiger partial charge on any atom is 0.0647 e. The highest BCUT2D eigenvalue weighted by atomic mass is 16.5. The molecule has 8 saturated carbocycles.